The van der Waals surface area contributed by atoms with Crippen molar-refractivity contribution in [3.05, 3.63) is 53.1 Å². The second kappa shape index (κ2) is 8.31. The molecule has 1 heterocycles. The first-order valence-corrected chi connectivity index (χ1v) is 9.26. The average Bonchev–Trinajstić information content (AvgIpc) is 2.81. The van der Waals surface area contributed by atoms with Gasteiger partial charge in [-0.2, -0.15) is 0 Å². The van der Waals surface area contributed by atoms with Crippen LogP contribution in [0.5, 0.6) is 11.5 Å². The van der Waals surface area contributed by atoms with Gasteiger partial charge in [-0.3, -0.25) is 4.79 Å². The van der Waals surface area contributed by atoms with Crippen LogP contribution in [0.3, 0.4) is 0 Å². The first kappa shape index (κ1) is 17.0. The van der Waals surface area contributed by atoms with Crippen molar-refractivity contribution in [2.75, 3.05) is 24.3 Å². The van der Waals surface area contributed by atoms with E-state index in [9.17, 15) is 4.79 Å². The van der Waals surface area contributed by atoms with Crippen LogP contribution >= 0.6 is 23.4 Å². The topological polar surface area (TPSA) is 47.6 Å². The van der Waals surface area contributed by atoms with Crippen LogP contribution in [-0.2, 0) is 10.5 Å². The van der Waals surface area contributed by atoms with Crippen LogP contribution in [0.4, 0.5) is 5.69 Å². The molecule has 6 heteroatoms. The van der Waals surface area contributed by atoms with E-state index in [1.807, 2.05) is 42.5 Å². The van der Waals surface area contributed by atoms with Crippen LogP contribution < -0.4 is 14.8 Å². The van der Waals surface area contributed by atoms with Crippen LogP contribution in [0.1, 0.15) is 12.0 Å². The van der Waals surface area contributed by atoms with E-state index in [0.717, 1.165) is 34.2 Å². The summed E-state index contributed by atoms with van der Waals surface area (Å²) >= 11 is 7.42. The lowest BCUT2D eigenvalue weighted by atomic mass is 10.2. The number of nitrogens with one attached hydrogen (secondary N) is 1. The van der Waals surface area contributed by atoms with Gasteiger partial charge in [0.2, 0.25) is 5.91 Å². The smallest absolute Gasteiger partial charge is 0.234 e. The van der Waals surface area contributed by atoms with E-state index < -0.39 is 0 Å². The summed E-state index contributed by atoms with van der Waals surface area (Å²) in [5, 5.41) is 3.61. The maximum atomic E-state index is 12.1. The third kappa shape index (κ3) is 4.82. The molecule has 0 saturated heterocycles. The number of ether oxygens (including phenoxy) is 2. The largest absolute Gasteiger partial charge is 0.490 e. The number of rotatable bonds is 5. The molecular formula is C18H18ClNO3S. The summed E-state index contributed by atoms with van der Waals surface area (Å²) in [6.45, 7) is 1.28. The predicted octanol–water partition coefficient (Wildman–Crippen LogP) is 4.37. The molecule has 0 aromatic heterocycles. The second-order valence-corrected chi connectivity index (χ2v) is 6.80. The van der Waals surface area contributed by atoms with Gasteiger partial charge in [-0.05, 0) is 29.8 Å². The Bertz CT molecular complexity index is 706. The fraction of sp³-hybridized carbons (Fsp3) is 0.278. The van der Waals surface area contributed by atoms with E-state index in [1.165, 1.54) is 0 Å². The monoisotopic (exact) mass is 363 g/mol. The van der Waals surface area contributed by atoms with Crippen LogP contribution in [0, 0.1) is 0 Å². The van der Waals surface area contributed by atoms with Crippen molar-refractivity contribution in [2.45, 2.75) is 12.2 Å². The lowest BCUT2D eigenvalue weighted by molar-refractivity contribution is -0.113. The molecule has 0 radical (unpaired) electrons. The second-order valence-electron chi connectivity index (χ2n) is 5.38. The first-order chi connectivity index (χ1) is 11.7. The Morgan fingerprint density at radius 3 is 2.62 bits per heavy atom. The molecule has 0 bridgehead atoms. The van der Waals surface area contributed by atoms with E-state index >= 15 is 0 Å². The summed E-state index contributed by atoms with van der Waals surface area (Å²) < 4.78 is 11.2. The fourth-order valence-corrected chi connectivity index (χ4v) is 3.19. The number of hydrogen-bond donors (Lipinski definition) is 1. The van der Waals surface area contributed by atoms with Gasteiger partial charge >= 0.3 is 0 Å². The van der Waals surface area contributed by atoms with E-state index in [4.69, 9.17) is 21.1 Å². The molecule has 126 valence electrons. The Morgan fingerprint density at radius 1 is 1.08 bits per heavy atom. The number of carbonyl (C=O) groups is 1. The molecule has 0 saturated carbocycles. The van der Waals surface area contributed by atoms with Gasteiger partial charge in [0.05, 0.1) is 19.0 Å². The fourth-order valence-electron chi connectivity index (χ4n) is 2.28. The number of anilines is 1. The molecule has 0 spiro atoms. The summed E-state index contributed by atoms with van der Waals surface area (Å²) in [7, 11) is 0. The van der Waals surface area contributed by atoms with Crippen molar-refractivity contribution in [1.29, 1.82) is 0 Å². The zero-order valence-electron chi connectivity index (χ0n) is 13.1. The Hall–Kier alpha value is -1.85. The molecule has 2 aromatic carbocycles. The summed E-state index contributed by atoms with van der Waals surface area (Å²) in [5.74, 6) is 2.52. The average molecular weight is 364 g/mol. The van der Waals surface area contributed by atoms with Gasteiger partial charge in [0.1, 0.15) is 0 Å². The number of carbonyl (C=O) groups excluding carboxylic acids is 1. The van der Waals surface area contributed by atoms with Crippen molar-refractivity contribution < 1.29 is 14.3 Å². The maximum Gasteiger partial charge on any atom is 0.234 e. The van der Waals surface area contributed by atoms with Gasteiger partial charge < -0.3 is 14.8 Å². The van der Waals surface area contributed by atoms with Crippen molar-refractivity contribution >= 4 is 35.0 Å². The highest BCUT2D eigenvalue weighted by molar-refractivity contribution is 7.99. The third-order valence-electron chi connectivity index (χ3n) is 3.45. The van der Waals surface area contributed by atoms with Crippen LogP contribution in [0.15, 0.2) is 42.5 Å². The summed E-state index contributed by atoms with van der Waals surface area (Å²) in [5.41, 5.74) is 1.86. The summed E-state index contributed by atoms with van der Waals surface area (Å²) in [6.07, 6.45) is 0.859. The highest BCUT2D eigenvalue weighted by Gasteiger charge is 2.12. The molecular weight excluding hydrogens is 346 g/mol. The molecule has 0 atom stereocenters. The minimum Gasteiger partial charge on any atom is -0.490 e. The SMILES string of the molecule is O=C(CSCc1ccc(Cl)cc1)Nc1ccc2c(c1)OCCCO2. The number of halogens is 1. The molecule has 1 aliphatic heterocycles. The van der Waals surface area contributed by atoms with E-state index in [2.05, 4.69) is 5.32 Å². The Balaban J connectivity index is 1.49. The van der Waals surface area contributed by atoms with Gasteiger partial charge in [0, 0.05) is 29.0 Å². The standard InChI is InChI=1S/C18H18ClNO3S/c19-14-4-2-13(3-5-14)11-24-12-18(21)20-15-6-7-16-17(10-15)23-9-1-8-22-16/h2-7,10H,1,8-9,11-12H2,(H,20,21). The number of fused-ring (bicyclic) bond motifs is 1. The minimum atomic E-state index is -0.0385. The van der Waals surface area contributed by atoms with Crippen molar-refractivity contribution in [3.8, 4) is 11.5 Å². The van der Waals surface area contributed by atoms with Gasteiger partial charge in [0.15, 0.2) is 11.5 Å². The predicted molar refractivity (Wildman–Crippen MR) is 98.3 cm³/mol. The molecule has 0 aliphatic carbocycles. The van der Waals surface area contributed by atoms with Crippen LogP contribution in [0.25, 0.3) is 0 Å². The van der Waals surface area contributed by atoms with E-state index in [1.54, 1.807) is 11.8 Å². The molecule has 1 N–H and O–H groups in total. The number of benzene rings is 2. The lowest BCUT2D eigenvalue weighted by Gasteiger charge is -2.10. The molecule has 24 heavy (non-hydrogen) atoms. The van der Waals surface area contributed by atoms with Crippen molar-refractivity contribution in [1.82, 2.24) is 0 Å². The van der Waals surface area contributed by atoms with Gasteiger partial charge in [0.25, 0.3) is 0 Å². The normalized spacial score (nSPS) is 13.2. The number of hydrogen-bond acceptors (Lipinski definition) is 4. The Labute approximate surface area is 150 Å². The molecule has 1 aliphatic rings. The molecule has 4 nitrogen and oxygen atoms in total. The van der Waals surface area contributed by atoms with Gasteiger partial charge in [-0.1, -0.05) is 23.7 Å². The zero-order valence-corrected chi connectivity index (χ0v) is 14.7. The zero-order chi connectivity index (χ0) is 16.8. The van der Waals surface area contributed by atoms with Crippen molar-refractivity contribution in [3.63, 3.8) is 0 Å². The van der Waals surface area contributed by atoms with Crippen molar-refractivity contribution in [2.24, 2.45) is 0 Å². The highest BCUT2D eigenvalue weighted by Crippen LogP contribution is 2.32. The molecule has 3 rings (SSSR count). The van der Waals surface area contributed by atoms with Crippen LogP contribution in [-0.4, -0.2) is 24.9 Å². The highest BCUT2D eigenvalue weighted by atomic mass is 35.5. The van der Waals surface area contributed by atoms with E-state index in [-0.39, 0.29) is 5.91 Å². The lowest BCUT2D eigenvalue weighted by Crippen LogP contribution is -2.14. The minimum absolute atomic E-state index is 0.0385. The first-order valence-electron chi connectivity index (χ1n) is 7.72. The summed E-state index contributed by atoms with van der Waals surface area (Å²) in [4.78, 5) is 12.1. The quantitative estimate of drug-likeness (QED) is 0.856. The number of amides is 1. The number of thioether (sulfide) groups is 1. The molecule has 1 amide bonds. The summed E-state index contributed by atoms with van der Waals surface area (Å²) in [6, 6.07) is 13.1. The van der Waals surface area contributed by atoms with Gasteiger partial charge in [-0.25, -0.2) is 0 Å². The Kier molecular flexibility index (Phi) is 5.88. The maximum absolute atomic E-state index is 12.1. The van der Waals surface area contributed by atoms with E-state index in [0.29, 0.717) is 24.7 Å². The molecule has 2 aromatic rings. The third-order valence-corrected chi connectivity index (χ3v) is 4.70. The Morgan fingerprint density at radius 2 is 1.83 bits per heavy atom. The molecule has 0 unspecified atom stereocenters. The van der Waals surface area contributed by atoms with Crippen LogP contribution in [0.2, 0.25) is 5.02 Å². The molecule has 0 fully saturated rings. The van der Waals surface area contributed by atoms with Gasteiger partial charge in [-0.15, -0.1) is 11.8 Å².